The van der Waals surface area contributed by atoms with Gasteiger partial charge in [0.25, 0.3) is 0 Å². The first-order chi connectivity index (χ1) is 8.36. The predicted molar refractivity (Wildman–Crippen MR) is 64.3 cm³/mol. The van der Waals surface area contributed by atoms with Gasteiger partial charge in [-0.05, 0) is 19.3 Å². The SMILES string of the molecule is O=C1CCC=C1CC#CCCCC1OCCO1. The van der Waals surface area contributed by atoms with Crippen LogP contribution in [-0.2, 0) is 14.3 Å². The van der Waals surface area contributed by atoms with Crippen molar-refractivity contribution in [2.45, 2.75) is 44.8 Å². The van der Waals surface area contributed by atoms with Gasteiger partial charge in [0, 0.05) is 24.8 Å². The second-order valence-electron chi connectivity index (χ2n) is 4.28. The van der Waals surface area contributed by atoms with E-state index in [-0.39, 0.29) is 12.1 Å². The van der Waals surface area contributed by atoms with Crippen LogP contribution in [0.5, 0.6) is 0 Å². The molecule has 0 saturated carbocycles. The first-order valence-electron chi connectivity index (χ1n) is 6.27. The first kappa shape index (κ1) is 12.3. The molecule has 2 rings (SSSR count). The summed E-state index contributed by atoms with van der Waals surface area (Å²) in [5, 5.41) is 0. The Bertz CT molecular complexity index is 353. The minimum absolute atomic E-state index is 0.0177. The molecule has 92 valence electrons. The Morgan fingerprint density at radius 1 is 1.29 bits per heavy atom. The normalized spacial score (nSPS) is 20.2. The highest BCUT2D eigenvalue weighted by molar-refractivity contribution is 5.97. The molecule has 1 heterocycles. The molecular formula is C14H18O3. The van der Waals surface area contributed by atoms with Gasteiger partial charge < -0.3 is 9.47 Å². The zero-order valence-electron chi connectivity index (χ0n) is 10.0. The van der Waals surface area contributed by atoms with Crippen LogP contribution in [0.3, 0.4) is 0 Å². The molecule has 0 N–H and O–H groups in total. The highest BCUT2D eigenvalue weighted by Crippen LogP contribution is 2.16. The molecule has 1 saturated heterocycles. The molecule has 2 aliphatic rings. The number of carbonyl (C=O) groups is 1. The number of Topliss-reactive ketones (excluding diaryl/α,β-unsaturated/α-hetero) is 1. The second-order valence-corrected chi connectivity index (χ2v) is 4.28. The second kappa shape index (κ2) is 6.58. The summed E-state index contributed by atoms with van der Waals surface area (Å²) in [4.78, 5) is 11.3. The summed E-state index contributed by atoms with van der Waals surface area (Å²) < 4.78 is 10.7. The van der Waals surface area contributed by atoms with Crippen LogP contribution in [0.2, 0.25) is 0 Å². The summed E-state index contributed by atoms with van der Waals surface area (Å²) >= 11 is 0. The van der Waals surface area contributed by atoms with Gasteiger partial charge >= 0.3 is 0 Å². The van der Waals surface area contributed by atoms with Gasteiger partial charge in [-0.1, -0.05) is 12.0 Å². The smallest absolute Gasteiger partial charge is 0.159 e. The van der Waals surface area contributed by atoms with Gasteiger partial charge in [0.2, 0.25) is 0 Å². The van der Waals surface area contributed by atoms with Crippen molar-refractivity contribution in [2.24, 2.45) is 0 Å². The summed E-state index contributed by atoms with van der Waals surface area (Å²) in [6, 6.07) is 0. The number of hydrogen-bond donors (Lipinski definition) is 0. The minimum atomic E-state index is -0.0177. The van der Waals surface area contributed by atoms with E-state index in [0.717, 1.165) is 31.3 Å². The van der Waals surface area contributed by atoms with E-state index in [4.69, 9.17) is 9.47 Å². The molecule has 1 fully saturated rings. The van der Waals surface area contributed by atoms with Crippen molar-refractivity contribution in [3.8, 4) is 11.8 Å². The largest absolute Gasteiger partial charge is 0.350 e. The van der Waals surface area contributed by atoms with Gasteiger partial charge in [-0.2, -0.15) is 0 Å². The summed E-state index contributed by atoms with van der Waals surface area (Å²) in [7, 11) is 0. The molecule has 0 aromatic carbocycles. The summed E-state index contributed by atoms with van der Waals surface area (Å²) in [6.45, 7) is 1.43. The van der Waals surface area contributed by atoms with Crippen molar-refractivity contribution in [3.63, 3.8) is 0 Å². The number of allylic oxidation sites excluding steroid dienone is 2. The van der Waals surface area contributed by atoms with Crippen molar-refractivity contribution in [1.29, 1.82) is 0 Å². The van der Waals surface area contributed by atoms with Crippen LogP contribution < -0.4 is 0 Å². The molecule has 0 atom stereocenters. The number of carbonyl (C=O) groups excluding carboxylic acids is 1. The Labute approximate surface area is 102 Å². The minimum Gasteiger partial charge on any atom is -0.350 e. The zero-order chi connectivity index (χ0) is 11.9. The fourth-order valence-corrected chi connectivity index (χ4v) is 2.00. The third kappa shape index (κ3) is 3.99. The maximum atomic E-state index is 11.3. The van der Waals surface area contributed by atoms with Gasteiger partial charge in [0.1, 0.15) is 0 Å². The Hall–Kier alpha value is -1.11. The van der Waals surface area contributed by atoms with E-state index in [2.05, 4.69) is 11.8 Å². The van der Waals surface area contributed by atoms with Crippen molar-refractivity contribution < 1.29 is 14.3 Å². The lowest BCUT2D eigenvalue weighted by Gasteiger charge is -2.05. The Balaban J connectivity index is 1.57. The van der Waals surface area contributed by atoms with Crippen LogP contribution in [0.4, 0.5) is 0 Å². The topological polar surface area (TPSA) is 35.5 Å². The van der Waals surface area contributed by atoms with Crippen LogP contribution in [-0.4, -0.2) is 25.3 Å². The van der Waals surface area contributed by atoms with Crippen LogP contribution in [0, 0.1) is 11.8 Å². The number of unbranched alkanes of at least 4 members (excludes halogenated alkanes) is 1. The van der Waals surface area contributed by atoms with E-state index >= 15 is 0 Å². The molecule has 0 unspecified atom stereocenters. The van der Waals surface area contributed by atoms with Crippen LogP contribution in [0.25, 0.3) is 0 Å². The summed E-state index contributed by atoms with van der Waals surface area (Å²) in [5.41, 5.74) is 0.903. The average Bonchev–Trinajstić information content (AvgIpc) is 2.95. The van der Waals surface area contributed by atoms with E-state index in [9.17, 15) is 4.79 Å². The highest BCUT2D eigenvalue weighted by Gasteiger charge is 2.14. The quantitative estimate of drug-likeness (QED) is 0.552. The number of ketones is 1. The van der Waals surface area contributed by atoms with E-state index in [1.54, 1.807) is 0 Å². The molecule has 0 aromatic rings. The first-order valence-corrected chi connectivity index (χ1v) is 6.27. The predicted octanol–water partition coefficient (Wildman–Crippen LogP) is 2.21. The maximum absolute atomic E-state index is 11.3. The number of hydrogen-bond acceptors (Lipinski definition) is 3. The molecule has 0 radical (unpaired) electrons. The van der Waals surface area contributed by atoms with Crippen LogP contribution in [0.1, 0.15) is 38.5 Å². The van der Waals surface area contributed by atoms with Crippen molar-refractivity contribution in [1.82, 2.24) is 0 Å². The van der Waals surface area contributed by atoms with E-state index in [0.29, 0.717) is 26.1 Å². The van der Waals surface area contributed by atoms with E-state index < -0.39 is 0 Å². The molecule has 3 nitrogen and oxygen atoms in total. The lowest BCUT2D eigenvalue weighted by Crippen LogP contribution is -2.06. The lowest BCUT2D eigenvalue weighted by molar-refractivity contribution is -0.114. The molecule has 17 heavy (non-hydrogen) atoms. The number of ether oxygens (including phenoxy) is 2. The Morgan fingerprint density at radius 2 is 2.12 bits per heavy atom. The van der Waals surface area contributed by atoms with Gasteiger partial charge in [0.15, 0.2) is 12.1 Å². The monoisotopic (exact) mass is 234 g/mol. The third-order valence-electron chi connectivity index (χ3n) is 2.96. The van der Waals surface area contributed by atoms with E-state index in [1.807, 2.05) is 6.08 Å². The van der Waals surface area contributed by atoms with Gasteiger partial charge in [-0.25, -0.2) is 0 Å². The summed E-state index contributed by atoms with van der Waals surface area (Å²) in [6.07, 6.45) is 6.94. The van der Waals surface area contributed by atoms with Crippen molar-refractivity contribution in [3.05, 3.63) is 11.6 Å². The van der Waals surface area contributed by atoms with E-state index in [1.165, 1.54) is 0 Å². The molecular weight excluding hydrogens is 216 g/mol. The number of rotatable bonds is 4. The van der Waals surface area contributed by atoms with Gasteiger partial charge in [-0.15, -0.1) is 5.92 Å². The lowest BCUT2D eigenvalue weighted by atomic mass is 10.1. The summed E-state index contributed by atoms with van der Waals surface area (Å²) in [5.74, 6) is 6.44. The standard InChI is InChI=1S/C14H18O3/c15-13-8-5-7-12(13)6-3-1-2-4-9-14-16-10-11-17-14/h7,14H,2,4-6,8-11H2. The van der Waals surface area contributed by atoms with Crippen molar-refractivity contribution >= 4 is 5.78 Å². The molecule has 0 spiro atoms. The van der Waals surface area contributed by atoms with Gasteiger partial charge in [-0.3, -0.25) is 4.79 Å². The van der Waals surface area contributed by atoms with Crippen LogP contribution in [0.15, 0.2) is 11.6 Å². The molecule has 1 aliphatic carbocycles. The Morgan fingerprint density at radius 3 is 2.82 bits per heavy atom. The fraction of sp³-hybridized carbons (Fsp3) is 0.643. The highest BCUT2D eigenvalue weighted by atomic mass is 16.7. The molecule has 0 bridgehead atoms. The molecule has 0 aromatic heterocycles. The fourth-order valence-electron chi connectivity index (χ4n) is 2.00. The molecule has 3 heteroatoms. The molecule has 1 aliphatic heterocycles. The van der Waals surface area contributed by atoms with Crippen molar-refractivity contribution in [2.75, 3.05) is 13.2 Å². The Kier molecular flexibility index (Phi) is 4.78. The zero-order valence-corrected chi connectivity index (χ0v) is 10.0. The maximum Gasteiger partial charge on any atom is 0.159 e. The third-order valence-corrected chi connectivity index (χ3v) is 2.96. The average molecular weight is 234 g/mol. The van der Waals surface area contributed by atoms with Gasteiger partial charge in [0.05, 0.1) is 13.2 Å². The molecule has 0 amide bonds. The van der Waals surface area contributed by atoms with Crippen LogP contribution >= 0.6 is 0 Å².